The summed E-state index contributed by atoms with van der Waals surface area (Å²) in [7, 11) is -9.69. The average Bonchev–Trinajstić information content (AvgIpc) is 3.17. The van der Waals surface area contributed by atoms with E-state index in [1.54, 1.807) is 60.7 Å². The van der Waals surface area contributed by atoms with Gasteiger partial charge in [0.25, 0.3) is 0 Å². The van der Waals surface area contributed by atoms with E-state index in [0.717, 1.165) is 22.9 Å². The first-order valence-electron chi connectivity index (χ1n) is 16.3. The van der Waals surface area contributed by atoms with Crippen LogP contribution in [0.4, 0.5) is 22.7 Å². The van der Waals surface area contributed by atoms with Crippen LogP contribution in [-0.2, 0) is 37.6 Å². The average molecular weight is 904 g/mol. The van der Waals surface area contributed by atoms with E-state index >= 15 is 0 Å². The molecule has 0 spiro atoms. The Bertz CT molecular complexity index is 2970. The molecule has 8 aromatic carbocycles. The Morgan fingerprint density at radius 2 is 0.617 bits per heavy atom. The predicted octanol–water partition coefficient (Wildman–Crippen LogP) is -2.07. The number of benzene rings is 8. The Kier molecular flexibility index (Phi) is 17.9. The zero-order valence-corrected chi connectivity index (χ0v) is 40.7. The molecule has 8 aromatic rings. The summed E-state index contributed by atoms with van der Waals surface area (Å²) in [4.78, 5) is -1.22. The van der Waals surface area contributed by atoms with Crippen molar-refractivity contribution in [2.75, 3.05) is 0 Å². The van der Waals surface area contributed by atoms with Crippen molar-refractivity contribution in [3.8, 4) is 23.0 Å². The standard InChI is InChI=1S/2C20H14N2O5S.Cr.3Na/c2*23-16-10-9-12-5-1-2-6-13(12)19(16)21-22-20-15-8-4-3-7-14(15)18(11-17(20)24)28(25,26)27;;;;/h2*1-11,23-24H,(H,25,26,27);;;;/q;;+3;3*+1/p-6. The van der Waals surface area contributed by atoms with Crippen LogP contribution in [0.2, 0.25) is 0 Å². The number of azo groups is 2. The summed E-state index contributed by atoms with van der Waals surface area (Å²) in [5.74, 6) is -2.27. The van der Waals surface area contributed by atoms with Crippen LogP contribution in [0, 0.1) is 0 Å². The maximum absolute atomic E-state index is 12.4. The molecular weight excluding hydrogens is 882 g/mol. The summed E-state index contributed by atoms with van der Waals surface area (Å²) in [6.07, 6.45) is 0. The Balaban J connectivity index is 0.000000300. The molecule has 0 atom stereocenters. The van der Waals surface area contributed by atoms with E-state index in [2.05, 4.69) is 20.5 Å². The van der Waals surface area contributed by atoms with Gasteiger partial charge in [-0.2, -0.15) is 20.5 Å². The summed E-state index contributed by atoms with van der Waals surface area (Å²) in [6.45, 7) is 0. The minimum atomic E-state index is -4.84. The van der Waals surface area contributed by atoms with Crippen LogP contribution < -0.4 is 109 Å². The van der Waals surface area contributed by atoms with Crippen LogP contribution in [0.5, 0.6) is 23.0 Å². The van der Waals surface area contributed by atoms with Gasteiger partial charge in [0, 0.05) is 32.3 Å². The van der Waals surface area contributed by atoms with Crippen molar-refractivity contribution in [2.24, 2.45) is 20.5 Å². The third kappa shape index (κ3) is 10.8. The van der Waals surface area contributed by atoms with Crippen LogP contribution >= 0.6 is 0 Å². The molecule has 0 saturated carbocycles. The van der Waals surface area contributed by atoms with Crippen molar-refractivity contribution in [3.05, 3.63) is 133 Å². The molecule has 0 amide bonds. The van der Waals surface area contributed by atoms with E-state index in [-0.39, 0.29) is 162 Å². The smallest absolute Gasteiger partial charge is 0.871 e. The fraction of sp³-hybridized carbons (Fsp3) is 0. The predicted molar refractivity (Wildman–Crippen MR) is 198 cm³/mol. The summed E-state index contributed by atoms with van der Waals surface area (Å²) in [6, 6.07) is 33.8. The zero-order chi connectivity index (χ0) is 39.8. The van der Waals surface area contributed by atoms with E-state index in [0.29, 0.717) is 10.8 Å². The second-order valence-electron chi connectivity index (χ2n) is 12.1. The molecule has 0 heterocycles. The van der Waals surface area contributed by atoms with E-state index in [1.165, 1.54) is 36.4 Å². The minimum Gasteiger partial charge on any atom is -0.871 e. The maximum atomic E-state index is 12.4. The van der Waals surface area contributed by atoms with Gasteiger partial charge in [-0.15, -0.1) is 0 Å². The quantitative estimate of drug-likeness (QED) is 0.100. The van der Waals surface area contributed by atoms with E-state index in [4.69, 9.17) is 0 Å². The van der Waals surface area contributed by atoms with Crippen LogP contribution in [0.3, 0.4) is 0 Å². The van der Waals surface area contributed by atoms with Crippen LogP contribution in [0.25, 0.3) is 43.1 Å². The molecule has 1 radical (unpaired) electrons. The van der Waals surface area contributed by atoms with Gasteiger partial charge < -0.3 is 29.5 Å². The van der Waals surface area contributed by atoms with Gasteiger partial charge in [-0.1, -0.05) is 144 Å². The molecule has 0 bridgehead atoms. The van der Waals surface area contributed by atoms with Crippen LogP contribution in [0.15, 0.2) is 164 Å². The van der Waals surface area contributed by atoms with Crippen molar-refractivity contribution in [3.63, 3.8) is 0 Å². The fourth-order valence-corrected chi connectivity index (χ4v) is 7.50. The van der Waals surface area contributed by atoms with Gasteiger partial charge in [0.05, 0.1) is 32.5 Å². The van der Waals surface area contributed by atoms with E-state index in [1.807, 2.05) is 24.3 Å². The Hall–Kier alpha value is -3.45. The molecular formula is C40H22CrN4Na3O10S2. The first-order valence-corrected chi connectivity index (χ1v) is 19.1. The third-order valence-electron chi connectivity index (χ3n) is 8.65. The SMILES string of the molecule is O=S(=O)([O-])c1cc([O-])c(N=Nc2c([O-])ccc3ccccc23)c2ccccc12.O=S(=O)([O-])c1cc([O-])c(N=Nc2c([O-])ccc3ccccc23)c2ccccc12.[Cr+3].[Na+].[Na+].[Na+]. The molecule has 0 unspecified atom stereocenters. The Labute approximate surface area is 420 Å². The van der Waals surface area contributed by atoms with Gasteiger partial charge in [-0.25, -0.2) is 16.8 Å². The van der Waals surface area contributed by atoms with Gasteiger partial charge in [0.1, 0.15) is 20.2 Å². The summed E-state index contributed by atoms with van der Waals surface area (Å²) in [5, 5.41) is 68.5. The van der Waals surface area contributed by atoms with Gasteiger partial charge in [0.2, 0.25) is 0 Å². The molecule has 283 valence electrons. The fourth-order valence-electron chi connectivity index (χ4n) is 6.10. The molecule has 0 fully saturated rings. The summed E-state index contributed by atoms with van der Waals surface area (Å²) >= 11 is 0. The molecule has 0 saturated heterocycles. The summed E-state index contributed by atoms with van der Waals surface area (Å²) < 4.78 is 68.9. The van der Waals surface area contributed by atoms with E-state index < -0.39 is 41.5 Å². The molecule has 14 nitrogen and oxygen atoms in total. The van der Waals surface area contributed by atoms with Gasteiger partial charge in [0.15, 0.2) is 0 Å². The van der Waals surface area contributed by atoms with Crippen molar-refractivity contribution in [1.82, 2.24) is 0 Å². The Morgan fingerprint density at radius 1 is 0.350 bits per heavy atom. The van der Waals surface area contributed by atoms with E-state index in [9.17, 15) is 46.4 Å². The van der Waals surface area contributed by atoms with Crippen molar-refractivity contribution < 1.29 is 152 Å². The van der Waals surface area contributed by atoms with Crippen molar-refractivity contribution in [1.29, 1.82) is 0 Å². The molecule has 60 heavy (non-hydrogen) atoms. The number of nitrogens with zero attached hydrogens (tertiary/aromatic N) is 4. The molecule has 0 aliphatic carbocycles. The molecule has 0 aromatic heterocycles. The van der Waals surface area contributed by atoms with Crippen LogP contribution in [-0.4, -0.2) is 25.9 Å². The molecule has 20 heteroatoms. The monoisotopic (exact) mass is 903 g/mol. The zero-order valence-electron chi connectivity index (χ0n) is 31.8. The minimum absolute atomic E-state index is 0. The van der Waals surface area contributed by atoms with Crippen LogP contribution in [0.1, 0.15) is 0 Å². The molecule has 0 N–H and O–H groups in total. The molecule has 0 aliphatic rings. The van der Waals surface area contributed by atoms with Gasteiger partial charge in [-0.3, -0.25) is 0 Å². The second-order valence-corrected chi connectivity index (χ2v) is 14.8. The van der Waals surface area contributed by atoms with Gasteiger partial charge >= 0.3 is 106 Å². The molecule has 8 rings (SSSR count). The number of fused-ring (bicyclic) bond motifs is 4. The summed E-state index contributed by atoms with van der Waals surface area (Å²) in [5.41, 5.74) is -0.144. The first kappa shape index (κ1) is 50.9. The van der Waals surface area contributed by atoms with Crippen molar-refractivity contribution >= 4 is 86.1 Å². The first-order chi connectivity index (χ1) is 26.7. The number of hydrogen-bond donors (Lipinski definition) is 0. The maximum Gasteiger partial charge on any atom is 3.00 e. The topological polar surface area (TPSA) is 256 Å². The number of hydrogen-bond acceptors (Lipinski definition) is 14. The second kappa shape index (κ2) is 21.1. The normalized spacial score (nSPS) is 11.4. The number of rotatable bonds is 6. The van der Waals surface area contributed by atoms with Crippen molar-refractivity contribution in [2.45, 2.75) is 9.79 Å². The Morgan fingerprint density at radius 3 is 0.933 bits per heavy atom. The molecule has 0 aliphatic heterocycles. The third-order valence-corrected chi connectivity index (χ3v) is 10.4. The van der Waals surface area contributed by atoms with Gasteiger partial charge in [-0.05, 0) is 22.9 Å². The largest absolute Gasteiger partial charge is 3.00 e.